The van der Waals surface area contributed by atoms with E-state index in [1.54, 1.807) is 7.11 Å². The molecule has 0 atom stereocenters. The number of nitrogens with zero attached hydrogens (tertiary/aromatic N) is 5. The SMILES string of the molecule is COc1ccc(CN=C(NCc2nnc(C)n2C)N2CCc3ccccc3C2)cc1. The maximum Gasteiger partial charge on any atom is 0.194 e. The molecule has 0 radical (unpaired) electrons. The topological polar surface area (TPSA) is 67.6 Å². The summed E-state index contributed by atoms with van der Waals surface area (Å²) in [4.78, 5) is 7.25. The van der Waals surface area contributed by atoms with Gasteiger partial charge in [0.2, 0.25) is 0 Å². The number of fused-ring (bicyclic) bond motifs is 1. The second kappa shape index (κ2) is 8.98. The zero-order valence-corrected chi connectivity index (χ0v) is 17.8. The molecule has 1 aromatic heterocycles. The molecule has 0 unspecified atom stereocenters. The monoisotopic (exact) mass is 404 g/mol. The fourth-order valence-electron chi connectivity index (χ4n) is 3.60. The van der Waals surface area contributed by atoms with Crippen molar-refractivity contribution in [3.63, 3.8) is 0 Å². The number of nitrogens with one attached hydrogen (secondary N) is 1. The first-order chi connectivity index (χ1) is 14.6. The van der Waals surface area contributed by atoms with E-state index in [4.69, 9.17) is 9.73 Å². The number of aromatic nitrogens is 3. The van der Waals surface area contributed by atoms with Gasteiger partial charge in [0.05, 0.1) is 20.2 Å². The van der Waals surface area contributed by atoms with E-state index < -0.39 is 0 Å². The summed E-state index contributed by atoms with van der Waals surface area (Å²) in [6, 6.07) is 16.7. The summed E-state index contributed by atoms with van der Waals surface area (Å²) in [5.41, 5.74) is 3.92. The van der Waals surface area contributed by atoms with Crippen LogP contribution in [0.25, 0.3) is 0 Å². The van der Waals surface area contributed by atoms with Crippen molar-refractivity contribution in [3.8, 4) is 5.75 Å². The van der Waals surface area contributed by atoms with Crippen LogP contribution in [0.2, 0.25) is 0 Å². The Labute approximate surface area is 177 Å². The van der Waals surface area contributed by atoms with Crippen LogP contribution in [0.4, 0.5) is 0 Å². The van der Waals surface area contributed by atoms with Crippen LogP contribution in [0, 0.1) is 6.92 Å². The number of aliphatic imine (C=N–C) groups is 1. The van der Waals surface area contributed by atoms with Crippen molar-refractivity contribution in [3.05, 3.63) is 76.9 Å². The van der Waals surface area contributed by atoms with E-state index in [-0.39, 0.29) is 0 Å². The van der Waals surface area contributed by atoms with Gasteiger partial charge in [-0.25, -0.2) is 4.99 Å². The summed E-state index contributed by atoms with van der Waals surface area (Å²) >= 11 is 0. The molecule has 30 heavy (non-hydrogen) atoms. The third-order valence-electron chi connectivity index (χ3n) is 5.59. The Bertz CT molecular complexity index is 1020. The summed E-state index contributed by atoms with van der Waals surface area (Å²) < 4.78 is 7.25. The number of hydrogen-bond donors (Lipinski definition) is 1. The Morgan fingerprint density at radius 2 is 1.87 bits per heavy atom. The molecule has 7 nitrogen and oxygen atoms in total. The number of hydrogen-bond acceptors (Lipinski definition) is 4. The Morgan fingerprint density at radius 1 is 1.10 bits per heavy atom. The number of rotatable bonds is 5. The highest BCUT2D eigenvalue weighted by Gasteiger charge is 2.19. The van der Waals surface area contributed by atoms with E-state index in [0.29, 0.717) is 13.1 Å². The smallest absolute Gasteiger partial charge is 0.194 e. The van der Waals surface area contributed by atoms with Crippen LogP contribution in [0.15, 0.2) is 53.5 Å². The van der Waals surface area contributed by atoms with Crippen molar-refractivity contribution in [2.24, 2.45) is 12.0 Å². The van der Waals surface area contributed by atoms with Crippen LogP contribution in [0.3, 0.4) is 0 Å². The fourth-order valence-corrected chi connectivity index (χ4v) is 3.60. The average Bonchev–Trinajstić information content (AvgIpc) is 3.11. The maximum atomic E-state index is 5.25. The lowest BCUT2D eigenvalue weighted by Gasteiger charge is -2.31. The van der Waals surface area contributed by atoms with Gasteiger partial charge in [0, 0.05) is 20.1 Å². The van der Waals surface area contributed by atoms with Gasteiger partial charge in [-0.15, -0.1) is 10.2 Å². The molecule has 2 heterocycles. The van der Waals surface area contributed by atoms with E-state index >= 15 is 0 Å². The Kier molecular flexibility index (Phi) is 5.97. The summed E-state index contributed by atoms with van der Waals surface area (Å²) in [5, 5.41) is 11.9. The summed E-state index contributed by atoms with van der Waals surface area (Å²) in [7, 11) is 3.66. The predicted molar refractivity (Wildman–Crippen MR) is 117 cm³/mol. The van der Waals surface area contributed by atoms with Crippen LogP contribution >= 0.6 is 0 Å². The van der Waals surface area contributed by atoms with Gasteiger partial charge in [-0.2, -0.15) is 0 Å². The highest BCUT2D eigenvalue weighted by Crippen LogP contribution is 2.19. The lowest BCUT2D eigenvalue weighted by molar-refractivity contribution is 0.376. The molecule has 1 N–H and O–H groups in total. The van der Waals surface area contributed by atoms with Gasteiger partial charge in [0.15, 0.2) is 11.8 Å². The molecule has 4 rings (SSSR count). The minimum atomic E-state index is 0.580. The van der Waals surface area contributed by atoms with Crippen LogP contribution in [0.5, 0.6) is 5.75 Å². The Hall–Kier alpha value is -3.35. The highest BCUT2D eigenvalue weighted by atomic mass is 16.5. The van der Waals surface area contributed by atoms with Crippen molar-refractivity contribution in [1.29, 1.82) is 0 Å². The van der Waals surface area contributed by atoms with Crippen LogP contribution in [0.1, 0.15) is 28.3 Å². The van der Waals surface area contributed by atoms with Gasteiger partial charge in [0.25, 0.3) is 0 Å². The lowest BCUT2D eigenvalue weighted by atomic mass is 10.0. The lowest BCUT2D eigenvalue weighted by Crippen LogP contribution is -2.44. The molecule has 0 saturated heterocycles. The largest absolute Gasteiger partial charge is 0.497 e. The molecule has 0 fully saturated rings. The number of ether oxygens (including phenoxy) is 1. The third-order valence-corrected chi connectivity index (χ3v) is 5.59. The normalized spacial score (nSPS) is 13.8. The first-order valence-electron chi connectivity index (χ1n) is 10.2. The zero-order valence-electron chi connectivity index (χ0n) is 17.8. The van der Waals surface area contributed by atoms with Crippen molar-refractivity contribution >= 4 is 5.96 Å². The van der Waals surface area contributed by atoms with Gasteiger partial charge in [-0.1, -0.05) is 36.4 Å². The standard InChI is InChI=1S/C23H28N6O/c1-17-26-27-22(28(17)2)15-25-23(24-14-18-8-10-21(30-3)11-9-18)29-13-12-19-6-4-5-7-20(19)16-29/h4-11H,12-16H2,1-3H3,(H,24,25). The van der Waals surface area contributed by atoms with Crippen molar-refractivity contribution in [2.45, 2.75) is 33.0 Å². The van der Waals surface area contributed by atoms with Crippen LogP contribution in [-0.2, 0) is 33.1 Å². The first kappa shape index (κ1) is 19.9. The zero-order chi connectivity index (χ0) is 20.9. The number of methoxy groups -OCH3 is 1. The van der Waals surface area contributed by atoms with Gasteiger partial charge >= 0.3 is 0 Å². The average molecular weight is 405 g/mol. The van der Waals surface area contributed by atoms with E-state index in [1.807, 2.05) is 30.7 Å². The molecule has 7 heteroatoms. The second-order valence-electron chi connectivity index (χ2n) is 7.50. The van der Waals surface area contributed by atoms with E-state index in [1.165, 1.54) is 11.1 Å². The van der Waals surface area contributed by atoms with Gasteiger partial charge in [-0.05, 0) is 42.2 Å². The molecule has 1 aliphatic heterocycles. The molecule has 0 bridgehead atoms. The minimum Gasteiger partial charge on any atom is -0.497 e. The summed E-state index contributed by atoms with van der Waals surface area (Å²) in [6.45, 7) is 4.92. The van der Waals surface area contributed by atoms with Crippen molar-refractivity contribution < 1.29 is 4.74 Å². The third kappa shape index (κ3) is 4.45. The minimum absolute atomic E-state index is 0.580. The first-order valence-corrected chi connectivity index (χ1v) is 10.2. The molecule has 156 valence electrons. The molecular weight excluding hydrogens is 376 g/mol. The van der Waals surface area contributed by atoms with E-state index in [2.05, 4.69) is 56.8 Å². The molecule has 0 spiro atoms. The van der Waals surface area contributed by atoms with Crippen LogP contribution in [-0.4, -0.2) is 39.3 Å². The Balaban J connectivity index is 1.53. The van der Waals surface area contributed by atoms with Crippen molar-refractivity contribution in [2.75, 3.05) is 13.7 Å². The van der Waals surface area contributed by atoms with Crippen molar-refractivity contribution in [1.82, 2.24) is 25.0 Å². The molecule has 1 aliphatic rings. The molecule has 2 aromatic carbocycles. The summed E-state index contributed by atoms with van der Waals surface area (Å²) in [6.07, 6.45) is 1.02. The molecule has 0 amide bonds. The molecule has 0 aliphatic carbocycles. The van der Waals surface area contributed by atoms with Gasteiger partial charge in [-0.3, -0.25) is 0 Å². The number of benzene rings is 2. The van der Waals surface area contributed by atoms with Gasteiger partial charge in [0.1, 0.15) is 11.6 Å². The van der Waals surface area contributed by atoms with Gasteiger partial charge < -0.3 is 19.5 Å². The quantitative estimate of drug-likeness (QED) is 0.523. The fraction of sp³-hybridized carbons (Fsp3) is 0.348. The Morgan fingerprint density at radius 3 is 2.57 bits per heavy atom. The van der Waals surface area contributed by atoms with Crippen LogP contribution < -0.4 is 10.1 Å². The number of guanidine groups is 1. The summed E-state index contributed by atoms with van der Waals surface area (Å²) in [5.74, 6) is 3.53. The maximum absolute atomic E-state index is 5.25. The number of aryl methyl sites for hydroxylation is 1. The van der Waals surface area contributed by atoms with E-state index in [0.717, 1.165) is 48.4 Å². The highest BCUT2D eigenvalue weighted by molar-refractivity contribution is 5.80. The second-order valence-corrected chi connectivity index (χ2v) is 7.50. The molecule has 3 aromatic rings. The molecule has 0 saturated carbocycles. The molecular formula is C23H28N6O. The van der Waals surface area contributed by atoms with E-state index in [9.17, 15) is 0 Å². The predicted octanol–water partition coefficient (Wildman–Crippen LogP) is 2.84.